The van der Waals surface area contributed by atoms with Gasteiger partial charge in [-0.1, -0.05) is 81.4 Å². The summed E-state index contributed by atoms with van der Waals surface area (Å²) in [7, 11) is 0. The van der Waals surface area contributed by atoms with Gasteiger partial charge in [-0.15, -0.1) is 11.3 Å². The fourth-order valence-corrected chi connectivity index (χ4v) is 3.37. The Morgan fingerprint density at radius 3 is 1.81 bits per heavy atom. The van der Waals surface area contributed by atoms with Gasteiger partial charge in [0, 0.05) is 11.0 Å². The van der Waals surface area contributed by atoms with E-state index >= 15 is 0 Å². The minimum Gasteiger partial charge on any atom is -0.240 e. The van der Waals surface area contributed by atoms with Crippen molar-refractivity contribution in [1.29, 1.82) is 0 Å². The second-order valence-electron chi connectivity index (χ2n) is 6.18. The summed E-state index contributed by atoms with van der Waals surface area (Å²) in [5, 5.41) is 1.18. The van der Waals surface area contributed by atoms with Crippen LogP contribution in [-0.2, 0) is 5.41 Å². The van der Waals surface area contributed by atoms with Crippen LogP contribution in [0.25, 0.3) is 21.7 Å². The summed E-state index contributed by atoms with van der Waals surface area (Å²) < 4.78 is 0. The van der Waals surface area contributed by atoms with E-state index < -0.39 is 0 Å². The maximum atomic E-state index is 4.95. The molecule has 0 saturated heterocycles. The van der Waals surface area contributed by atoms with Crippen molar-refractivity contribution in [3.63, 3.8) is 0 Å². The summed E-state index contributed by atoms with van der Waals surface area (Å²) in [6, 6.07) is 21.0. The fourth-order valence-electron chi connectivity index (χ4n) is 2.22. The predicted octanol–water partition coefficient (Wildman–Crippen LogP) is 5.77. The third kappa shape index (κ3) is 2.91. The SMILES string of the molecule is CC(C)(C)c1nc(-c2ccccc2)c(-c2ccccc2)s1. The number of rotatable bonds is 2. The summed E-state index contributed by atoms with van der Waals surface area (Å²) in [4.78, 5) is 6.20. The average Bonchev–Trinajstić information content (AvgIpc) is 2.94. The second-order valence-corrected chi connectivity index (χ2v) is 7.18. The molecular formula is C19H19NS. The molecule has 3 aromatic rings. The lowest BCUT2D eigenvalue weighted by molar-refractivity contribution is 0.586. The van der Waals surface area contributed by atoms with E-state index in [9.17, 15) is 0 Å². The first-order valence-electron chi connectivity index (χ1n) is 7.18. The van der Waals surface area contributed by atoms with E-state index in [4.69, 9.17) is 4.98 Å². The van der Waals surface area contributed by atoms with Gasteiger partial charge in [0.15, 0.2) is 0 Å². The largest absolute Gasteiger partial charge is 0.240 e. The molecule has 0 unspecified atom stereocenters. The molecule has 1 aromatic heterocycles. The van der Waals surface area contributed by atoms with E-state index in [1.165, 1.54) is 21.0 Å². The molecule has 0 aliphatic rings. The molecule has 21 heavy (non-hydrogen) atoms. The fraction of sp³-hybridized carbons (Fsp3) is 0.211. The van der Waals surface area contributed by atoms with Crippen LogP contribution < -0.4 is 0 Å². The lowest BCUT2D eigenvalue weighted by atomic mass is 9.98. The Kier molecular flexibility index (Phi) is 3.64. The van der Waals surface area contributed by atoms with Crippen molar-refractivity contribution in [3.05, 3.63) is 65.7 Å². The Labute approximate surface area is 130 Å². The number of hydrogen-bond donors (Lipinski definition) is 0. The predicted molar refractivity (Wildman–Crippen MR) is 91.7 cm³/mol. The van der Waals surface area contributed by atoms with Crippen LogP contribution in [0.4, 0.5) is 0 Å². The maximum Gasteiger partial charge on any atom is 0.0992 e. The van der Waals surface area contributed by atoms with Crippen LogP contribution in [0.3, 0.4) is 0 Å². The summed E-state index contributed by atoms with van der Waals surface area (Å²) in [6.07, 6.45) is 0. The average molecular weight is 293 g/mol. The summed E-state index contributed by atoms with van der Waals surface area (Å²) >= 11 is 1.80. The number of benzene rings is 2. The number of aromatic nitrogens is 1. The topological polar surface area (TPSA) is 12.9 Å². The Morgan fingerprint density at radius 2 is 1.29 bits per heavy atom. The first-order chi connectivity index (χ1) is 10.1. The van der Waals surface area contributed by atoms with Gasteiger partial charge in [-0.05, 0) is 5.56 Å². The van der Waals surface area contributed by atoms with Crippen molar-refractivity contribution in [2.75, 3.05) is 0 Å². The highest BCUT2D eigenvalue weighted by Crippen LogP contribution is 2.40. The molecule has 1 heterocycles. The number of thiazole rings is 1. The second kappa shape index (κ2) is 5.45. The molecule has 2 heteroatoms. The smallest absolute Gasteiger partial charge is 0.0992 e. The standard InChI is InChI=1S/C19H19NS/c1-19(2,3)18-20-16(14-10-6-4-7-11-14)17(21-18)15-12-8-5-9-13-15/h4-13H,1-3H3. The van der Waals surface area contributed by atoms with Gasteiger partial charge < -0.3 is 0 Å². The van der Waals surface area contributed by atoms with Crippen LogP contribution in [0.15, 0.2) is 60.7 Å². The van der Waals surface area contributed by atoms with Crippen LogP contribution in [0.5, 0.6) is 0 Å². The van der Waals surface area contributed by atoms with Gasteiger partial charge in [-0.2, -0.15) is 0 Å². The minimum absolute atomic E-state index is 0.0707. The van der Waals surface area contributed by atoms with Gasteiger partial charge in [0.05, 0.1) is 15.6 Å². The molecule has 0 bridgehead atoms. The third-order valence-corrected chi connectivity index (χ3v) is 4.88. The highest BCUT2D eigenvalue weighted by Gasteiger charge is 2.22. The molecule has 2 aromatic carbocycles. The third-order valence-electron chi connectivity index (χ3n) is 3.35. The molecule has 0 saturated carbocycles. The van der Waals surface area contributed by atoms with Crippen molar-refractivity contribution >= 4 is 11.3 Å². The molecule has 0 aliphatic carbocycles. The number of nitrogens with zero attached hydrogens (tertiary/aromatic N) is 1. The van der Waals surface area contributed by atoms with Crippen molar-refractivity contribution in [1.82, 2.24) is 4.98 Å². The molecule has 0 radical (unpaired) electrons. The molecule has 3 rings (SSSR count). The van der Waals surface area contributed by atoms with E-state index in [0.29, 0.717) is 0 Å². The van der Waals surface area contributed by atoms with Gasteiger partial charge in [0.25, 0.3) is 0 Å². The zero-order valence-corrected chi connectivity index (χ0v) is 13.4. The highest BCUT2D eigenvalue weighted by molar-refractivity contribution is 7.15. The lowest BCUT2D eigenvalue weighted by Crippen LogP contribution is -2.10. The minimum atomic E-state index is 0.0707. The van der Waals surface area contributed by atoms with Gasteiger partial charge in [0.2, 0.25) is 0 Å². The Morgan fingerprint density at radius 1 is 0.762 bits per heavy atom. The van der Waals surface area contributed by atoms with Crippen LogP contribution in [-0.4, -0.2) is 4.98 Å². The summed E-state index contributed by atoms with van der Waals surface area (Å²) in [5.74, 6) is 0. The van der Waals surface area contributed by atoms with Gasteiger partial charge in [0.1, 0.15) is 0 Å². The quantitative estimate of drug-likeness (QED) is 0.584. The van der Waals surface area contributed by atoms with Crippen molar-refractivity contribution in [2.45, 2.75) is 26.2 Å². The van der Waals surface area contributed by atoms with Crippen LogP contribution in [0.2, 0.25) is 0 Å². The molecule has 0 fully saturated rings. The Balaban J connectivity index is 2.20. The van der Waals surface area contributed by atoms with E-state index in [0.717, 1.165) is 5.69 Å². The van der Waals surface area contributed by atoms with Crippen molar-refractivity contribution in [3.8, 4) is 21.7 Å². The number of hydrogen-bond acceptors (Lipinski definition) is 2. The molecule has 0 aliphatic heterocycles. The monoisotopic (exact) mass is 293 g/mol. The highest BCUT2D eigenvalue weighted by atomic mass is 32.1. The Bertz CT molecular complexity index is 664. The Hall–Kier alpha value is -1.93. The molecule has 1 nitrogen and oxygen atoms in total. The van der Waals surface area contributed by atoms with E-state index in [-0.39, 0.29) is 5.41 Å². The first-order valence-corrected chi connectivity index (χ1v) is 7.99. The molecule has 0 amide bonds. The molecule has 0 atom stereocenters. The van der Waals surface area contributed by atoms with Crippen LogP contribution >= 0.6 is 11.3 Å². The van der Waals surface area contributed by atoms with Crippen molar-refractivity contribution < 1.29 is 0 Å². The van der Waals surface area contributed by atoms with Gasteiger partial charge in [-0.3, -0.25) is 0 Å². The van der Waals surface area contributed by atoms with Crippen LogP contribution in [0, 0.1) is 0 Å². The van der Waals surface area contributed by atoms with E-state index in [1.807, 2.05) is 6.07 Å². The zero-order valence-electron chi connectivity index (χ0n) is 12.6. The van der Waals surface area contributed by atoms with E-state index in [2.05, 4.69) is 75.4 Å². The van der Waals surface area contributed by atoms with Gasteiger partial charge >= 0.3 is 0 Å². The molecule has 0 N–H and O–H groups in total. The van der Waals surface area contributed by atoms with Crippen molar-refractivity contribution in [2.24, 2.45) is 0 Å². The molecule has 0 spiro atoms. The van der Waals surface area contributed by atoms with Crippen LogP contribution in [0.1, 0.15) is 25.8 Å². The zero-order chi connectivity index (χ0) is 14.9. The summed E-state index contributed by atoms with van der Waals surface area (Å²) in [5.41, 5.74) is 3.59. The maximum absolute atomic E-state index is 4.95. The molecule has 106 valence electrons. The summed E-state index contributed by atoms with van der Waals surface area (Å²) in [6.45, 7) is 6.65. The lowest BCUT2D eigenvalue weighted by Gasteiger charge is -2.13. The normalized spacial score (nSPS) is 11.6. The first kappa shape index (κ1) is 14.0. The van der Waals surface area contributed by atoms with E-state index in [1.54, 1.807) is 11.3 Å². The molecular weight excluding hydrogens is 274 g/mol. The van der Waals surface area contributed by atoms with Gasteiger partial charge in [-0.25, -0.2) is 4.98 Å².